The number of rotatable bonds is 8. The van der Waals surface area contributed by atoms with Crippen molar-refractivity contribution >= 4 is 38.4 Å². The highest BCUT2D eigenvalue weighted by Crippen LogP contribution is 2.51. The molecule has 2 atom stereocenters. The van der Waals surface area contributed by atoms with Crippen LogP contribution < -0.4 is 14.4 Å². The molecule has 0 saturated carbocycles. The highest BCUT2D eigenvalue weighted by Gasteiger charge is 2.58. The van der Waals surface area contributed by atoms with Crippen LogP contribution in [0.4, 0.5) is 18.9 Å². The molecule has 1 N–H and O–H groups in total. The molecule has 1 aliphatic rings. The Labute approximate surface area is 245 Å². The number of hydrogen-bond donors (Lipinski definition) is 1. The van der Waals surface area contributed by atoms with Gasteiger partial charge in [0, 0.05) is 35.6 Å². The molecule has 0 aliphatic carbocycles. The van der Waals surface area contributed by atoms with Crippen LogP contribution in [0.2, 0.25) is 0 Å². The summed E-state index contributed by atoms with van der Waals surface area (Å²) in [5, 5.41) is 2.80. The summed E-state index contributed by atoms with van der Waals surface area (Å²) >= 11 is 0. The van der Waals surface area contributed by atoms with Crippen molar-refractivity contribution in [3.05, 3.63) is 96.3 Å². The minimum absolute atomic E-state index is 0.0646. The van der Waals surface area contributed by atoms with Gasteiger partial charge >= 0.3 is 18.1 Å². The zero-order valence-electron chi connectivity index (χ0n) is 23.0. The molecule has 1 aromatic heterocycles. The number of para-hydroxylation sites is 1. The number of esters is 1. The van der Waals surface area contributed by atoms with Gasteiger partial charge in [-0.3, -0.25) is 18.9 Å². The lowest BCUT2D eigenvalue weighted by Gasteiger charge is -2.36. The van der Waals surface area contributed by atoms with E-state index in [1.165, 1.54) is 55.9 Å². The molecule has 43 heavy (non-hydrogen) atoms. The van der Waals surface area contributed by atoms with Gasteiger partial charge in [-0.2, -0.15) is 13.2 Å². The number of amides is 1. The van der Waals surface area contributed by atoms with Crippen LogP contribution in [-0.4, -0.2) is 58.8 Å². The molecule has 13 heteroatoms. The fourth-order valence-electron chi connectivity index (χ4n) is 5.71. The van der Waals surface area contributed by atoms with Crippen LogP contribution in [0.25, 0.3) is 10.8 Å². The number of methoxy groups -OCH3 is 2. The van der Waals surface area contributed by atoms with E-state index in [2.05, 4.69) is 4.98 Å². The van der Waals surface area contributed by atoms with Gasteiger partial charge in [0.25, 0.3) is 10.0 Å². The molecule has 5 rings (SSSR count). The monoisotopic (exact) mass is 613 g/mol. The minimum atomic E-state index is -5.18. The van der Waals surface area contributed by atoms with Crippen molar-refractivity contribution in [2.24, 2.45) is 0 Å². The van der Waals surface area contributed by atoms with Crippen LogP contribution in [0.15, 0.2) is 90.1 Å². The molecule has 0 bridgehead atoms. The van der Waals surface area contributed by atoms with Crippen molar-refractivity contribution < 1.29 is 40.7 Å². The third-order valence-electron chi connectivity index (χ3n) is 7.66. The molecule has 0 fully saturated rings. The van der Waals surface area contributed by atoms with Crippen LogP contribution in [0, 0.1) is 0 Å². The number of sulfonamides is 1. The molecule has 0 radical (unpaired) electrons. The summed E-state index contributed by atoms with van der Waals surface area (Å²) in [4.78, 5) is 29.7. The van der Waals surface area contributed by atoms with Crippen molar-refractivity contribution in [2.45, 2.75) is 22.4 Å². The Balaban J connectivity index is 1.72. The average Bonchev–Trinajstić information content (AvgIpc) is 3.37. The van der Waals surface area contributed by atoms with Gasteiger partial charge in [-0.15, -0.1) is 0 Å². The number of halogens is 3. The highest BCUT2D eigenvalue weighted by molar-refractivity contribution is 7.93. The molecule has 0 spiro atoms. The first-order valence-electron chi connectivity index (χ1n) is 13.0. The number of carbonyl (C=O) groups is 2. The summed E-state index contributed by atoms with van der Waals surface area (Å²) in [5.41, 5.74) is -1.16. The second-order valence-electron chi connectivity index (χ2n) is 9.84. The normalized spacial score (nSPS) is 17.3. The van der Waals surface area contributed by atoms with Gasteiger partial charge in [0.1, 0.15) is 11.2 Å². The van der Waals surface area contributed by atoms with Gasteiger partial charge in [-0.1, -0.05) is 42.5 Å². The molecule has 2 heterocycles. The van der Waals surface area contributed by atoms with E-state index >= 15 is 0 Å². The number of hydrogen-bond acceptors (Lipinski definition) is 7. The fraction of sp³-hybridized carbons (Fsp3) is 0.233. The Morgan fingerprint density at radius 1 is 0.977 bits per heavy atom. The second-order valence-corrected chi connectivity index (χ2v) is 11.7. The maximum atomic E-state index is 14.5. The molecule has 3 aromatic carbocycles. The third-order valence-corrected chi connectivity index (χ3v) is 9.47. The van der Waals surface area contributed by atoms with Crippen molar-refractivity contribution in [1.82, 2.24) is 10.3 Å². The van der Waals surface area contributed by atoms with Crippen molar-refractivity contribution in [2.75, 3.05) is 31.6 Å². The van der Waals surface area contributed by atoms with Crippen molar-refractivity contribution in [3.63, 3.8) is 0 Å². The lowest BCUT2D eigenvalue weighted by Crippen LogP contribution is -2.51. The summed E-state index contributed by atoms with van der Waals surface area (Å²) in [7, 11) is -1.82. The lowest BCUT2D eigenvalue weighted by atomic mass is 9.68. The Kier molecular flexibility index (Phi) is 7.78. The average molecular weight is 614 g/mol. The first-order chi connectivity index (χ1) is 20.5. The van der Waals surface area contributed by atoms with E-state index < -0.39 is 52.5 Å². The van der Waals surface area contributed by atoms with Crippen LogP contribution in [-0.2, 0) is 29.8 Å². The quantitative estimate of drug-likeness (QED) is 0.295. The Hall–Kier alpha value is -4.65. The number of alkyl halides is 3. The topological polar surface area (TPSA) is 115 Å². The summed E-state index contributed by atoms with van der Waals surface area (Å²) in [6.07, 6.45) is -2.41. The number of pyridine rings is 1. The van der Waals surface area contributed by atoms with Gasteiger partial charge < -0.3 is 14.8 Å². The third kappa shape index (κ3) is 5.03. The van der Waals surface area contributed by atoms with E-state index in [1.54, 1.807) is 36.4 Å². The van der Waals surface area contributed by atoms with Crippen molar-refractivity contribution in [1.29, 1.82) is 0 Å². The smallest absolute Gasteiger partial charge is 0.471 e. The summed E-state index contributed by atoms with van der Waals surface area (Å²) in [6.45, 7) is -1.18. The number of aromatic nitrogens is 1. The molecule has 0 saturated heterocycles. The minimum Gasteiger partial charge on any atom is -0.496 e. The van der Waals surface area contributed by atoms with E-state index in [0.717, 1.165) is 11.4 Å². The molecular formula is C30H26F3N3O6S. The maximum Gasteiger partial charge on any atom is 0.471 e. The van der Waals surface area contributed by atoms with Gasteiger partial charge in [-0.05, 0) is 41.5 Å². The van der Waals surface area contributed by atoms with Crippen LogP contribution in [0.3, 0.4) is 0 Å². The summed E-state index contributed by atoms with van der Waals surface area (Å²) < 4.78 is 80.3. The van der Waals surface area contributed by atoms with Crippen molar-refractivity contribution in [3.8, 4) is 5.75 Å². The van der Waals surface area contributed by atoms with Gasteiger partial charge in [-0.25, -0.2) is 8.42 Å². The second kappa shape index (κ2) is 11.2. The SMILES string of the molecule is COC(=O)C1(C(CNC(=O)C(F)(F)F)c2ccncc2)CN(S(=O)(=O)c2ccc(OC)c3ccccc23)c2ccccc21. The molecule has 224 valence electrons. The van der Waals surface area contributed by atoms with Gasteiger partial charge in [0.05, 0.1) is 31.3 Å². The van der Waals surface area contributed by atoms with Crippen LogP contribution in [0.5, 0.6) is 5.75 Å². The van der Waals surface area contributed by atoms with Crippen LogP contribution in [0.1, 0.15) is 17.0 Å². The Morgan fingerprint density at radius 3 is 2.28 bits per heavy atom. The summed E-state index contributed by atoms with van der Waals surface area (Å²) in [6, 6.07) is 18.9. The standard InChI is InChI=1S/C30H26F3N3O6S/c1-41-25-11-12-26(21-8-4-3-7-20(21)25)43(39,40)36-18-29(28(38)42-2,22-9-5-6-10-24(22)36)23(19-13-15-34-16-14-19)17-35-27(37)30(31,32)33/h3-16,23H,17-18H2,1-2H3,(H,35,37). The largest absolute Gasteiger partial charge is 0.496 e. The predicted molar refractivity (Wildman–Crippen MR) is 151 cm³/mol. The van der Waals surface area contributed by atoms with Gasteiger partial charge in [0.2, 0.25) is 0 Å². The fourth-order valence-corrected chi connectivity index (χ4v) is 7.43. The summed E-state index contributed by atoms with van der Waals surface area (Å²) in [5.74, 6) is -3.83. The van der Waals surface area contributed by atoms with E-state index in [1.807, 2.05) is 5.32 Å². The lowest BCUT2D eigenvalue weighted by molar-refractivity contribution is -0.173. The number of fused-ring (bicyclic) bond motifs is 2. The number of carbonyl (C=O) groups excluding carboxylic acids is 2. The Morgan fingerprint density at radius 2 is 1.63 bits per heavy atom. The molecular weight excluding hydrogens is 587 g/mol. The van der Waals surface area contributed by atoms with Crippen LogP contribution >= 0.6 is 0 Å². The molecule has 4 aromatic rings. The number of benzene rings is 3. The van der Waals surface area contributed by atoms with Gasteiger partial charge in [0.15, 0.2) is 0 Å². The first-order valence-corrected chi connectivity index (χ1v) is 14.4. The zero-order valence-corrected chi connectivity index (χ0v) is 23.8. The van der Waals surface area contributed by atoms with E-state index in [0.29, 0.717) is 22.1 Å². The number of anilines is 1. The van der Waals surface area contributed by atoms with E-state index in [9.17, 15) is 31.2 Å². The van der Waals surface area contributed by atoms with E-state index in [-0.39, 0.29) is 16.1 Å². The number of ether oxygens (including phenoxy) is 2. The molecule has 1 aliphatic heterocycles. The Bertz CT molecular complexity index is 1800. The number of nitrogens with one attached hydrogen (secondary N) is 1. The van der Waals surface area contributed by atoms with E-state index in [4.69, 9.17) is 9.47 Å². The molecule has 9 nitrogen and oxygen atoms in total. The predicted octanol–water partition coefficient (Wildman–Crippen LogP) is 4.33. The maximum absolute atomic E-state index is 14.5. The highest BCUT2D eigenvalue weighted by atomic mass is 32.2. The molecule has 1 amide bonds. The molecule has 2 unspecified atom stereocenters. The number of nitrogens with zero attached hydrogens (tertiary/aromatic N) is 2. The zero-order chi connectivity index (χ0) is 31.0. The first kappa shape index (κ1) is 29.8.